The molecule has 3 fully saturated rings. The van der Waals surface area contributed by atoms with Crippen LogP contribution in [0, 0.1) is 40.4 Å². The lowest BCUT2D eigenvalue weighted by Crippen LogP contribution is -2.70. The van der Waals surface area contributed by atoms with Crippen LogP contribution in [0.25, 0.3) is 0 Å². The van der Waals surface area contributed by atoms with E-state index < -0.39 is 75.1 Å². The number of allylic oxidation sites excluding steroid dienone is 4. The molecule has 47 heavy (non-hydrogen) atoms. The molecular weight excluding hydrogens is 632 g/mol. The van der Waals surface area contributed by atoms with E-state index >= 15 is 8.78 Å². The summed E-state index contributed by atoms with van der Waals surface area (Å²) in [5, 5.41) is 11.2. The van der Waals surface area contributed by atoms with E-state index in [1.807, 2.05) is 13.8 Å². The number of aliphatic hydroxyl groups is 1. The van der Waals surface area contributed by atoms with E-state index in [0.29, 0.717) is 13.1 Å². The molecular formula is C35H41F2NO8S. The second-order valence-corrected chi connectivity index (χ2v) is 14.2. The molecule has 9 nitrogen and oxygen atoms in total. The highest BCUT2D eigenvalue weighted by atomic mass is 32.2. The number of ketones is 1. The number of halogens is 2. The second-order valence-electron chi connectivity index (χ2n) is 13.3. The van der Waals surface area contributed by atoms with Gasteiger partial charge >= 0.3 is 12.1 Å². The Labute approximate surface area is 277 Å². The van der Waals surface area contributed by atoms with Gasteiger partial charge < -0.3 is 23.9 Å². The standard InChI is InChI=1S/C35H41F2NO8S/c1-6-38(7-2)31(43)45-14-8-9-16-47-30(42)35(46-29(41)27-11-10-15-44-27)21(3)17-23-24-19-26(36)25-18-22(39)12-13-32(25,4)34(24,37)28(40)20-33(23,35)5/h10-13,15,18,21,23-24,26,28,40H,6-7,14,16-17,19-20H2,1-5H3/t21-,23+,24+,26+,28+,32+,33+,34+,35+/m1/s1. The first-order valence-corrected chi connectivity index (χ1v) is 17.0. The van der Waals surface area contributed by atoms with Crippen LogP contribution in [0.1, 0.15) is 64.4 Å². The number of nitrogens with zero attached hydrogens (tertiary/aromatic N) is 1. The second kappa shape index (κ2) is 12.9. The quantitative estimate of drug-likeness (QED) is 0.296. The third-order valence-electron chi connectivity index (χ3n) is 11.1. The normalized spacial score (nSPS) is 37.0. The molecule has 1 heterocycles. The summed E-state index contributed by atoms with van der Waals surface area (Å²) in [6, 6.07) is 2.91. The Balaban J connectivity index is 1.47. The minimum Gasteiger partial charge on any atom is -0.457 e. The zero-order chi connectivity index (χ0) is 34.4. The Kier molecular flexibility index (Phi) is 9.56. The molecule has 0 aromatic carbocycles. The number of carbonyl (C=O) groups is 4. The van der Waals surface area contributed by atoms with Gasteiger partial charge in [-0.15, -0.1) is 0 Å². The summed E-state index contributed by atoms with van der Waals surface area (Å²) in [7, 11) is 0. The van der Waals surface area contributed by atoms with Crippen molar-refractivity contribution in [2.45, 2.75) is 77.4 Å². The van der Waals surface area contributed by atoms with Crippen LogP contribution in [0.5, 0.6) is 0 Å². The van der Waals surface area contributed by atoms with Gasteiger partial charge in [0, 0.05) is 35.8 Å². The number of hydrogen-bond acceptors (Lipinski definition) is 9. The number of hydrogen-bond donors (Lipinski definition) is 1. The van der Waals surface area contributed by atoms with E-state index in [1.165, 1.54) is 42.4 Å². The Bertz CT molecular complexity index is 1550. The van der Waals surface area contributed by atoms with Crippen molar-refractivity contribution in [3.8, 4) is 11.8 Å². The first-order valence-electron chi connectivity index (χ1n) is 16.0. The van der Waals surface area contributed by atoms with Crippen LogP contribution in [0.3, 0.4) is 0 Å². The average molecular weight is 674 g/mol. The van der Waals surface area contributed by atoms with Crippen molar-refractivity contribution in [1.82, 2.24) is 4.90 Å². The van der Waals surface area contributed by atoms with Crippen molar-refractivity contribution in [3.05, 3.63) is 48.0 Å². The molecule has 0 radical (unpaired) electrons. The lowest BCUT2D eigenvalue weighted by molar-refractivity contribution is -0.221. The summed E-state index contributed by atoms with van der Waals surface area (Å²) in [6.45, 7) is 9.41. The summed E-state index contributed by atoms with van der Waals surface area (Å²) < 4.78 is 50.2. The molecule has 0 spiro atoms. The summed E-state index contributed by atoms with van der Waals surface area (Å²) in [6.07, 6.45) is 0.810. The number of amides is 1. The summed E-state index contributed by atoms with van der Waals surface area (Å²) in [4.78, 5) is 53.6. The topological polar surface area (TPSA) is 123 Å². The molecule has 1 aromatic heterocycles. The van der Waals surface area contributed by atoms with Crippen molar-refractivity contribution in [3.63, 3.8) is 0 Å². The van der Waals surface area contributed by atoms with Crippen molar-refractivity contribution >= 4 is 34.7 Å². The fraction of sp³-hybridized carbons (Fsp3) is 0.600. The van der Waals surface area contributed by atoms with Crippen molar-refractivity contribution < 1.29 is 47.0 Å². The molecule has 0 bridgehead atoms. The molecule has 254 valence electrons. The molecule has 1 aromatic rings. The molecule has 9 atom stereocenters. The minimum atomic E-state index is -2.35. The maximum Gasteiger partial charge on any atom is 0.410 e. The molecule has 3 saturated carbocycles. The Morgan fingerprint density at radius 3 is 2.55 bits per heavy atom. The Morgan fingerprint density at radius 2 is 1.89 bits per heavy atom. The van der Waals surface area contributed by atoms with E-state index in [9.17, 15) is 24.3 Å². The summed E-state index contributed by atoms with van der Waals surface area (Å²) in [5.74, 6) is 1.66. The highest BCUT2D eigenvalue weighted by molar-refractivity contribution is 8.14. The van der Waals surface area contributed by atoms with Crippen LogP contribution in [-0.2, 0) is 19.1 Å². The van der Waals surface area contributed by atoms with E-state index in [4.69, 9.17) is 13.9 Å². The van der Waals surface area contributed by atoms with Gasteiger partial charge in [-0.2, -0.15) is 0 Å². The molecule has 4 aliphatic rings. The number of alkyl halides is 2. The van der Waals surface area contributed by atoms with E-state index in [0.717, 1.165) is 17.8 Å². The van der Waals surface area contributed by atoms with Crippen LogP contribution < -0.4 is 0 Å². The van der Waals surface area contributed by atoms with Crippen LogP contribution >= 0.6 is 11.8 Å². The Morgan fingerprint density at radius 1 is 1.17 bits per heavy atom. The molecule has 1 amide bonds. The first kappa shape index (κ1) is 34.9. The lowest BCUT2D eigenvalue weighted by Gasteiger charge is -2.63. The monoisotopic (exact) mass is 673 g/mol. The van der Waals surface area contributed by atoms with E-state index in [1.54, 1.807) is 13.8 Å². The van der Waals surface area contributed by atoms with Crippen molar-refractivity contribution in [1.29, 1.82) is 0 Å². The predicted molar refractivity (Wildman–Crippen MR) is 170 cm³/mol. The van der Waals surface area contributed by atoms with Gasteiger partial charge in [0.1, 0.15) is 6.17 Å². The number of esters is 1. The molecule has 4 aliphatic carbocycles. The molecule has 0 aliphatic heterocycles. The van der Waals surface area contributed by atoms with Gasteiger partial charge in [-0.3, -0.25) is 9.59 Å². The number of aliphatic hydroxyl groups excluding tert-OH is 1. The molecule has 0 unspecified atom stereocenters. The smallest absolute Gasteiger partial charge is 0.410 e. The van der Waals surface area contributed by atoms with Crippen LogP contribution in [0.4, 0.5) is 13.6 Å². The minimum absolute atomic E-state index is 0.000872. The highest BCUT2D eigenvalue weighted by Gasteiger charge is 2.78. The number of ether oxygens (including phenoxy) is 2. The van der Waals surface area contributed by atoms with Crippen molar-refractivity contribution in [2.24, 2.45) is 28.6 Å². The van der Waals surface area contributed by atoms with E-state index in [2.05, 4.69) is 11.8 Å². The lowest BCUT2D eigenvalue weighted by atomic mass is 9.44. The highest BCUT2D eigenvalue weighted by Crippen LogP contribution is 2.72. The fourth-order valence-electron chi connectivity index (χ4n) is 8.79. The van der Waals surface area contributed by atoms with Gasteiger partial charge in [-0.05, 0) is 75.8 Å². The maximum atomic E-state index is 17.7. The molecule has 12 heteroatoms. The van der Waals surface area contributed by atoms with Gasteiger partial charge in [0.25, 0.3) is 0 Å². The largest absolute Gasteiger partial charge is 0.457 e. The third kappa shape index (κ3) is 5.34. The van der Waals surface area contributed by atoms with Gasteiger partial charge in [-0.1, -0.05) is 43.5 Å². The number of carbonyl (C=O) groups excluding carboxylic acids is 4. The summed E-state index contributed by atoms with van der Waals surface area (Å²) >= 11 is 0.813. The average Bonchev–Trinajstić information content (AvgIpc) is 3.64. The number of furan rings is 1. The van der Waals surface area contributed by atoms with E-state index in [-0.39, 0.29) is 43.0 Å². The van der Waals surface area contributed by atoms with Crippen molar-refractivity contribution in [2.75, 3.05) is 25.4 Å². The number of fused-ring (bicyclic) bond motifs is 5. The maximum absolute atomic E-state index is 17.7. The molecule has 1 N–H and O–H groups in total. The fourth-order valence-corrected chi connectivity index (χ4v) is 9.79. The third-order valence-corrected chi connectivity index (χ3v) is 12.0. The predicted octanol–water partition coefficient (Wildman–Crippen LogP) is 5.48. The van der Waals surface area contributed by atoms with Gasteiger partial charge in [0.15, 0.2) is 23.7 Å². The zero-order valence-electron chi connectivity index (χ0n) is 27.2. The first-order chi connectivity index (χ1) is 22.2. The van der Waals surface area contributed by atoms with Gasteiger partial charge in [0.05, 0.1) is 18.1 Å². The number of rotatable bonds is 7. The Hall–Kier alpha value is -3.43. The molecule has 0 saturated heterocycles. The van der Waals surface area contributed by atoms with Crippen LogP contribution in [-0.4, -0.2) is 82.0 Å². The van der Waals surface area contributed by atoms with Crippen LogP contribution in [0.2, 0.25) is 0 Å². The summed E-state index contributed by atoms with van der Waals surface area (Å²) in [5.41, 5.74) is -7.11. The zero-order valence-corrected chi connectivity index (χ0v) is 28.0. The number of thioether (sulfide) groups is 1. The van der Waals surface area contributed by atoms with Gasteiger partial charge in [0.2, 0.25) is 10.9 Å². The molecule has 5 rings (SSSR count). The SMILES string of the molecule is CCN(CC)C(=O)OCC#CCSC(=O)[C@@]1(OC(=O)c2ccco2)[C@H](C)C[C@H]2[C@@H]3C[C@H](F)C4=CC(=O)C=C[C@]4(C)[C@@]3(F)[C@@H](O)C[C@@]21C. The van der Waals surface area contributed by atoms with Crippen LogP contribution in [0.15, 0.2) is 46.6 Å². The van der Waals surface area contributed by atoms with Gasteiger partial charge in [-0.25, -0.2) is 18.4 Å².